The summed E-state index contributed by atoms with van der Waals surface area (Å²) < 4.78 is 5.56. The summed E-state index contributed by atoms with van der Waals surface area (Å²) in [5.41, 5.74) is 1.05. The van der Waals surface area contributed by atoms with Crippen LogP contribution in [0.15, 0.2) is 30.3 Å². The van der Waals surface area contributed by atoms with Crippen molar-refractivity contribution in [3.63, 3.8) is 0 Å². The Hall–Kier alpha value is -1.39. The lowest BCUT2D eigenvalue weighted by Crippen LogP contribution is -2.51. The van der Waals surface area contributed by atoms with Gasteiger partial charge in [0.1, 0.15) is 0 Å². The van der Waals surface area contributed by atoms with E-state index in [1.54, 1.807) is 0 Å². The summed E-state index contributed by atoms with van der Waals surface area (Å²) in [4.78, 5) is 13.9. The quantitative estimate of drug-likeness (QED) is 0.920. The van der Waals surface area contributed by atoms with E-state index in [2.05, 4.69) is 4.90 Å². The third-order valence-corrected chi connectivity index (χ3v) is 4.47. The van der Waals surface area contributed by atoms with Crippen LogP contribution in [0.25, 0.3) is 0 Å². The van der Waals surface area contributed by atoms with Gasteiger partial charge in [-0.1, -0.05) is 43.2 Å². The van der Waals surface area contributed by atoms with Crippen LogP contribution in [0.4, 0.5) is 0 Å². The predicted molar refractivity (Wildman–Crippen MR) is 75.5 cm³/mol. The van der Waals surface area contributed by atoms with Crippen LogP contribution in [0, 0.1) is 0 Å². The summed E-state index contributed by atoms with van der Waals surface area (Å²) in [5.74, 6) is -0.860. The summed E-state index contributed by atoms with van der Waals surface area (Å²) in [6.45, 7) is 1.34. The van der Waals surface area contributed by atoms with E-state index in [4.69, 9.17) is 4.74 Å². The lowest BCUT2D eigenvalue weighted by Gasteiger charge is -2.43. The fourth-order valence-corrected chi connectivity index (χ4v) is 3.56. The van der Waals surface area contributed by atoms with Gasteiger partial charge in [-0.2, -0.15) is 0 Å². The Balaban J connectivity index is 1.92. The van der Waals surface area contributed by atoms with Gasteiger partial charge >= 0.3 is 5.97 Å². The van der Waals surface area contributed by atoms with Gasteiger partial charge in [0.05, 0.1) is 12.6 Å². The minimum absolute atomic E-state index is 0.162. The van der Waals surface area contributed by atoms with Crippen molar-refractivity contribution in [1.29, 1.82) is 0 Å². The zero-order valence-corrected chi connectivity index (χ0v) is 11.6. The number of aliphatic carboxylic acids is 1. The molecule has 1 aromatic rings. The van der Waals surface area contributed by atoms with Crippen molar-refractivity contribution in [2.45, 2.75) is 43.9 Å². The molecule has 20 heavy (non-hydrogen) atoms. The molecule has 4 heteroatoms. The maximum absolute atomic E-state index is 11.5. The second-order valence-corrected chi connectivity index (χ2v) is 5.66. The third kappa shape index (κ3) is 2.58. The monoisotopic (exact) mass is 275 g/mol. The number of rotatable bonds is 3. The molecular formula is C16H21NO3. The molecule has 2 fully saturated rings. The van der Waals surface area contributed by atoms with E-state index in [9.17, 15) is 9.90 Å². The normalized spacial score (nSPS) is 28.6. The third-order valence-electron chi connectivity index (χ3n) is 4.47. The van der Waals surface area contributed by atoms with Crippen molar-refractivity contribution in [3.8, 4) is 0 Å². The van der Waals surface area contributed by atoms with Crippen molar-refractivity contribution in [3.05, 3.63) is 35.9 Å². The maximum atomic E-state index is 11.5. The van der Waals surface area contributed by atoms with Crippen molar-refractivity contribution < 1.29 is 14.6 Å². The second kappa shape index (κ2) is 5.94. The molecule has 2 atom stereocenters. The smallest absolute Gasteiger partial charge is 0.334 e. The molecule has 1 N–H and O–H groups in total. The summed E-state index contributed by atoms with van der Waals surface area (Å²) in [5, 5.41) is 9.48. The van der Waals surface area contributed by atoms with E-state index in [1.165, 1.54) is 25.7 Å². The van der Waals surface area contributed by atoms with Crippen molar-refractivity contribution in [1.82, 2.24) is 4.90 Å². The number of benzene rings is 1. The van der Waals surface area contributed by atoms with Gasteiger partial charge in [0, 0.05) is 12.6 Å². The second-order valence-electron chi connectivity index (χ2n) is 5.66. The van der Waals surface area contributed by atoms with Crippen LogP contribution in [0.1, 0.15) is 37.3 Å². The number of carboxylic acids is 1. The van der Waals surface area contributed by atoms with Gasteiger partial charge in [-0.3, -0.25) is 4.90 Å². The first-order chi connectivity index (χ1) is 9.77. The fraction of sp³-hybridized carbons (Fsp3) is 0.562. The molecule has 0 aromatic heterocycles. The van der Waals surface area contributed by atoms with E-state index in [-0.39, 0.29) is 6.04 Å². The zero-order valence-electron chi connectivity index (χ0n) is 11.6. The first-order valence-electron chi connectivity index (χ1n) is 7.42. The van der Waals surface area contributed by atoms with Gasteiger partial charge in [0.2, 0.25) is 0 Å². The number of morpholine rings is 1. The number of nitrogens with zero attached hydrogens (tertiary/aromatic N) is 1. The molecule has 0 bridgehead atoms. The average Bonchev–Trinajstić information content (AvgIpc) is 3.01. The number of carbonyl (C=O) groups is 1. The topological polar surface area (TPSA) is 49.8 Å². The molecule has 1 saturated heterocycles. The van der Waals surface area contributed by atoms with E-state index < -0.39 is 12.1 Å². The largest absolute Gasteiger partial charge is 0.479 e. The van der Waals surface area contributed by atoms with Crippen LogP contribution in [-0.2, 0) is 9.53 Å². The number of carboxylic acid groups (broad SMARTS) is 1. The Labute approximate surface area is 119 Å². The maximum Gasteiger partial charge on any atom is 0.334 e. The summed E-state index contributed by atoms with van der Waals surface area (Å²) in [6.07, 6.45) is 4.10. The van der Waals surface area contributed by atoms with Crippen LogP contribution < -0.4 is 0 Å². The van der Waals surface area contributed by atoms with Gasteiger partial charge in [-0.15, -0.1) is 0 Å². The number of hydrogen-bond donors (Lipinski definition) is 1. The molecule has 2 aliphatic rings. The Bertz CT molecular complexity index is 456. The lowest BCUT2D eigenvalue weighted by atomic mass is 9.96. The molecule has 3 rings (SSSR count). The Morgan fingerprint density at radius 1 is 1.20 bits per heavy atom. The van der Waals surface area contributed by atoms with Crippen LogP contribution in [0.3, 0.4) is 0 Å². The first-order valence-corrected chi connectivity index (χ1v) is 7.42. The molecule has 1 heterocycles. The Morgan fingerprint density at radius 3 is 2.55 bits per heavy atom. The van der Waals surface area contributed by atoms with Gasteiger partial charge in [-0.25, -0.2) is 4.79 Å². The van der Waals surface area contributed by atoms with Gasteiger partial charge in [-0.05, 0) is 18.4 Å². The van der Waals surface area contributed by atoms with Crippen LogP contribution in [0.5, 0.6) is 0 Å². The number of hydrogen-bond acceptors (Lipinski definition) is 3. The highest BCUT2D eigenvalue weighted by molar-refractivity contribution is 5.74. The van der Waals surface area contributed by atoms with Crippen LogP contribution in [-0.4, -0.2) is 41.3 Å². The zero-order chi connectivity index (χ0) is 13.9. The average molecular weight is 275 g/mol. The molecule has 1 saturated carbocycles. The summed E-state index contributed by atoms with van der Waals surface area (Å²) in [6, 6.07) is 10.3. The van der Waals surface area contributed by atoms with Gasteiger partial charge in [0.25, 0.3) is 0 Å². The molecule has 1 aliphatic heterocycles. The highest BCUT2D eigenvalue weighted by atomic mass is 16.5. The Morgan fingerprint density at radius 2 is 1.90 bits per heavy atom. The summed E-state index contributed by atoms with van der Waals surface area (Å²) in [7, 11) is 0. The molecular weight excluding hydrogens is 254 g/mol. The Kier molecular flexibility index (Phi) is 4.03. The van der Waals surface area contributed by atoms with E-state index in [0.29, 0.717) is 12.6 Å². The molecule has 1 aliphatic carbocycles. The molecule has 0 amide bonds. The van der Waals surface area contributed by atoms with Gasteiger partial charge < -0.3 is 9.84 Å². The number of ether oxygens (including phenoxy) is 1. The van der Waals surface area contributed by atoms with Crippen molar-refractivity contribution >= 4 is 5.97 Å². The fourth-order valence-electron chi connectivity index (χ4n) is 3.56. The van der Waals surface area contributed by atoms with E-state index in [0.717, 1.165) is 12.1 Å². The van der Waals surface area contributed by atoms with Crippen molar-refractivity contribution in [2.75, 3.05) is 13.2 Å². The molecule has 0 unspecified atom stereocenters. The molecule has 0 radical (unpaired) electrons. The van der Waals surface area contributed by atoms with Crippen molar-refractivity contribution in [2.24, 2.45) is 0 Å². The summed E-state index contributed by atoms with van der Waals surface area (Å²) >= 11 is 0. The molecule has 108 valence electrons. The highest BCUT2D eigenvalue weighted by Gasteiger charge is 2.41. The standard InChI is InChI=1S/C16H21NO3/c18-16(19)15-14(12-6-2-1-3-7-12)17(10-11-20-15)13-8-4-5-9-13/h1-3,6-7,13-15H,4-5,8-11H2,(H,18,19)/t14-,15+/m0/s1. The van der Waals surface area contributed by atoms with Crippen LogP contribution >= 0.6 is 0 Å². The van der Waals surface area contributed by atoms with E-state index in [1.807, 2.05) is 30.3 Å². The molecule has 4 nitrogen and oxygen atoms in total. The predicted octanol–water partition coefficient (Wildman–Crippen LogP) is 2.46. The van der Waals surface area contributed by atoms with E-state index >= 15 is 0 Å². The lowest BCUT2D eigenvalue weighted by molar-refractivity contribution is -0.165. The molecule has 0 spiro atoms. The minimum Gasteiger partial charge on any atom is -0.479 e. The van der Waals surface area contributed by atoms with Crippen LogP contribution in [0.2, 0.25) is 0 Å². The minimum atomic E-state index is -0.860. The molecule has 1 aromatic carbocycles. The first kappa shape index (κ1) is 13.6. The SMILES string of the molecule is O=C(O)[C@@H]1OCCN(C2CCCC2)[C@H]1c1ccccc1. The van der Waals surface area contributed by atoms with Gasteiger partial charge in [0.15, 0.2) is 6.10 Å². The highest BCUT2D eigenvalue weighted by Crippen LogP contribution is 2.36.